The fourth-order valence-electron chi connectivity index (χ4n) is 2.50. The highest BCUT2D eigenvalue weighted by Crippen LogP contribution is 2.26. The molecule has 1 nitrogen and oxygen atoms in total. The zero-order chi connectivity index (χ0) is 12.6. The van der Waals surface area contributed by atoms with E-state index in [2.05, 4.69) is 46.6 Å². The van der Waals surface area contributed by atoms with Crippen molar-refractivity contribution in [1.29, 1.82) is 0 Å². The van der Waals surface area contributed by atoms with Crippen molar-refractivity contribution in [2.75, 3.05) is 20.1 Å². The molecule has 0 aliphatic heterocycles. The van der Waals surface area contributed by atoms with Gasteiger partial charge in [-0.25, -0.2) is 0 Å². The fourth-order valence-corrected chi connectivity index (χ4v) is 2.50. The largest absolute Gasteiger partial charge is 0.306 e. The summed E-state index contributed by atoms with van der Waals surface area (Å²) in [4.78, 5) is 2.51. The molecule has 98 valence electrons. The highest BCUT2D eigenvalue weighted by atomic mass is 15.1. The molecule has 1 unspecified atom stereocenters. The summed E-state index contributed by atoms with van der Waals surface area (Å²) in [5.41, 5.74) is 0.525. The van der Waals surface area contributed by atoms with E-state index in [1.807, 2.05) is 0 Å². The standard InChI is InChI=1S/C15H33N/c1-7-9-14(3)13-16(6)12-11-15(4,5)10-8-2/h14H,7-13H2,1-6H3. The summed E-state index contributed by atoms with van der Waals surface area (Å²) in [6, 6.07) is 0. The van der Waals surface area contributed by atoms with E-state index in [0.717, 1.165) is 5.92 Å². The Labute approximate surface area is 104 Å². The molecule has 0 radical (unpaired) electrons. The van der Waals surface area contributed by atoms with Crippen LogP contribution in [0, 0.1) is 11.3 Å². The van der Waals surface area contributed by atoms with Crippen molar-refractivity contribution in [2.45, 2.75) is 66.7 Å². The first-order valence-corrected chi connectivity index (χ1v) is 7.09. The molecular weight excluding hydrogens is 194 g/mol. The van der Waals surface area contributed by atoms with Gasteiger partial charge in [-0.15, -0.1) is 0 Å². The maximum Gasteiger partial charge on any atom is 0.000397 e. The van der Waals surface area contributed by atoms with E-state index in [9.17, 15) is 0 Å². The third-order valence-electron chi connectivity index (χ3n) is 3.50. The lowest BCUT2D eigenvalue weighted by atomic mass is 9.84. The SMILES string of the molecule is CCCC(C)CN(C)CCC(C)(C)CCC. The third kappa shape index (κ3) is 8.15. The molecule has 0 saturated carbocycles. The van der Waals surface area contributed by atoms with Crippen molar-refractivity contribution < 1.29 is 0 Å². The highest BCUT2D eigenvalue weighted by molar-refractivity contribution is 4.70. The van der Waals surface area contributed by atoms with E-state index in [1.54, 1.807) is 0 Å². The summed E-state index contributed by atoms with van der Waals surface area (Å²) in [7, 11) is 2.27. The molecule has 0 N–H and O–H groups in total. The van der Waals surface area contributed by atoms with Crippen LogP contribution in [0.4, 0.5) is 0 Å². The van der Waals surface area contributed by atoms with Crippen LogP contribution in [0.2, 0.25) is 0 Å². The van der Waals surface area contributed by atoms with E-state index in [-0.39, 0.29) is 0 Å². The van der Waals surface area contributed by atoms with Crippen LogP contribution < -0.4 is 0 Å². The van der Waals surface area contributed by atoms with Gasteiger partial charge in [0.05, 0.1) is 0 Å². The lowest BCUT2D eigenvalue weighted by Crippen LogP contribution is -2.28. The average Bonchev–Trinajstić information content (AvgIpc) is 2.15. The van der Waals surface area contributed by atoms with Gasteiger partial charge in [0.25, 0.3) is 0 Å². The molecule has 0 aromatic rings. The Kier molecular flexibility index (Phi) is 8.09. The van der Waals surface area contributed by atoms with E-state index in [0.29, 0.717) is 5.41 Å². The molecule has 0 fully saturated rings. The Hall–Kier alpha value is -0.0400. The van der Waals surface area contributed by atoms with Gasteiger partial charge in [0.15, 0.2) is 0 Å². The van der Waals surface area contributed by atoms with Crippen molar-refractivity contribution in [2.24, 2.45) is 11.3 Å². The van der Waals surface area contributed by atoms with Gasteiger partial charge < -0.3 is 4.90 Å². The molecule has 0 aromatic heterocycles. The van der Waals surface area contributed by atoms with Gasteiger partial charge in [-0.05, 0) is 44.2 Å². The van der Waals surface area contributed by atoms with Gasteiger partial charge in [0.1, 0.15) is 0 Å². The van der Waals surface area contributed by atoms with Crippen molar-refractivity contribution >= 4 is 0 Å². The summed E-state index contributed by atoms with van der Waals surface area (Å²) in [5.74, 6) is 0.851. The van der Waals surface area contributed by atoms with E-state index >= 15 is 0 Å². The lowest BCUT2D eigenvalue weighted by molar-refractivity contribution is 0.214. The molecule has 0 aromatic carbocycles. The van der Waals surface area contributed by atoms with Gasteiger partial charge in [-0.3, -0.25) is 0 Å². The van der Waals surface area contributed by atoms with Crippen molar-refractivity contribution in [1.82, 2.24) is 4.90 Å². The van der Waals surface area contributed by atoms with E-state index < -0.39 is 0 Å². The first-order chi connectivity index (χ1) is 7.41. The minimum Gasteiger partial charge on any atom is -0.306 e. The third-order valence-corrected chi connectivity index (χ3v) is 3.50. The second-order valence-corrected chi connectivity index (χ2v) is 6.32. The Bertz CT molecular complexity index is 163. The van der Waals surface area contributed by atoms with E-state index in [1.165, 1.54) is 45.2 Å². The second kappa shape index (κ2) is 8.11. The predicted molar refractivity (Wildman–Crippen MR) is 74.9 cm³/mol. The number of hydrogen-bond donors (Lipinski definition) is 0. The molecule has 0 aliphatic rings. The zero-order valence-electron chi connectivity index (χ0n) is 12.5. The molecule has 0 rings (SSSR count). The van der Waals surface area contributed by atoms with Crippen molar-refractivity contribution in [3.63, 3.8) is 0 Å². The molecule has 0 spiro atoms. The molecule has 16 heavy (non-hydrogen) atoms. The molecule has 0 bridgehead atoms. The van der Waals surface area contributed by atoms with Gasteiger partial charge in [-0.2, -0.15) is 0 Å². The summed E-state index contributed by atoms with van der Waals surface area (Å²) < 4.78 is 0. The van der Waals surface area contributed by atoms with Crippen molar-refractivity contribution in [3.8, 4) is 0 Å². The summed E-state index contributed by atoms with van der Waals surface area (Å²) in [6.45, 7) is 14.3. The summed E-state index contributed by atoms with van der Waals surface area (Å²) >= 11 is 0. The Morgan fingerprint density at radius 1 is 1.06 bits per heavy atom. The van der Waals surface area contributed by atoms with Crippen LogP contribution >= 0.6 is 0 Å². The lowest BCUT2D eigenvalue weighted by Gasteiger charge is -2.28. The van der Waals surface area contributed by atoms with Crippen LogP contribution in [0.15, 0.2) is 0 Å². The minimum atomic E-state index is 0.525. The van der Waals surface area contributed by atoms with E-state index in [4.69, 9.17) is 0 Å². The molecule has 0 heterocycles. The molecule has 0 saturated heterocycles. The van der Waals surface area contributed by atoms with Gasteiger partial charge in [0.2, 0.25) is 0 Å². The second-order valence-electron chi connectivity index (χ2n) is 6.32. The summed E-state index contributed by atoms with van der Waals surface area (Å²) in [6.07, 6.45) is 6.67. The van der Waals surface area contributed by atoms with Crippen LogP contribution in [-0.4, -0.2) is 25.0 Å². The molecule has 1 heteroatoms. The molecule has 1 atom stereocenters. The minimum absolute atomic E-state index is 0.525. The maximum atomic E-state index is 2.51. The van der Waals surface area contributed by atoms with Crippen molar-refractivity contribution in [3.05, 3.63) is 0 Å². The monoisotopic (exact) mass is 227 g/mol. The number of rotatable bonds is 9. The van der Waals surface area contributed by atoms with Gasteiger partial charge >= 0.3 is 0 Å². The van der Waals surface area contributed by atoms with Gasteiger partial charge in [-0.1, -0.05) is 47.5 Å². The quantitative estimate of drug-likeness (QED) is 0.557. The molecule has 0 aliphatic carbocycles. The van der Waals surface area contributed by atoms with Crippen LogP contribution in [0.25, 0.3) is 0 Å². The van der Waals surface area contributed by atoms with Gasteiger partial charge in [0, 0.05) is 6.54 Å². The topological polar surface area (TPSA) is 3.24 Å². The molecule has 0 amide bonds. The normalized spacial score (nSPS) is 14.4. The maximum absolute atomic E-state index is 2.51. The number of nitrogens with zero attached hydrogens (tertiary/aromatic N) is 1. The van der Waals surface area contributed by atoms with Crippen LogP contribution in [0.3, 0.4) is 0 Å². The summed E-state index contributed by atoms with van der Waals surface area (Å²) in [5, 5.41) is 0. The predicted octanol–water partition coefficient (Wildman–Crippen LogP) is 4.57. The Balaban J connectivity index is 3.75. The first-order valence-electron chi connectivity index (χ1n) is 7.09. The zero-order valence-corrected chi connectivity index (χ0v) is 12.5. The van der Waals surface area contributed by atoms with Crippen LogP contribution in [0.1, 0.15) is 66.7 Å². The fraction of sp³-hybridized carbons (Fsp3) is 1.00. The Morgan fingerprint density at radius 3 is 2.19 bits per heavy atom. The van der Waals surface area contributed by atoms with Crippen LogP contribution in [0.5, 0.6) is 0 Å². The average molecular weight is 227 g/mol. The number of hydrogen-bond acceptors (Lipinski definition) is 1. The smallest absolute Gasteiger partial charge is 0.000397 e. The molecular formula is C15H33N. The van der Waals surface area contributed by atoms with Crippen LogP contribution in [-0.2, 0) is 0 Å². The highest BCUT2D eigenvalue weighted by Gasteiger charge is 2.17. The Morgan fingerprint density at radius 2 is 1.69 bits per heavy atom. The first kappa shape index (κ1) is 16.0.